The molecule has 0 aliphatic carbocycles. The van der Waals surface area contributed by atoms with Gasteiger partial charge in [0, 0.05) is 6.92 Å². The molecule has 0 radical (unpaired) electrons. The molecule has 0 saturated heterocycles. The summed E-state index contributed by atoms with van der Waals surface area (Å²) in [5.41, 5.74) is 1.03. The Bertz CT molecular complexity index is 750. The lowest BCUT2D eigenvalue weighted by Crippen LogP contribution is -2.55. The van der Waals surface area contributed by atoms with Crippen molar-refractivity contribution in [1.82, 2.24) is 16.0 Å². The molecule has 8 nitrogen and oxygen atoms in total. The van der Waals surface area contributed by atoms with E-state index in [2.05, 4.69) is 21.1 Å². The predicted molar refractivity (Wildman–Crippen MR) is 126 cm³/mol. The molecule has 1 aromatic rings. The third-order valence-electron chi connectivity index (χ3n) is 4.71. The molecule has 3 atom stereocenters. The van der Waals surface area contributed by atoms with Crippen molar-refractivity contribution in [1.29, 1.82) is 0 Å². The molecule has 1 unspecified atom stereocenters. The molecule has 0 spiro atoms. The Morgan fingerprint density at radius 1 is 0.906 bits per heavy atom. The van der Waals surface area contributed by atoms with E-state index in [1.807, 2.05) is 58.0 Å². The number of oxime groups is 1. The van der Waals surface area contributed by atoms with Crippen LogP contribution in [0.5, 0.6) is 0 Å². The first-order chi connectivity index (χ1) is 15.1. The van der Waals surface area contributed by atoms with Gasteiger partial charge >= 0.3 is 0 Å². The molecular weight excluding hydrogens is 408 g/mol. The summed E-state index contributed by atoms with van der Waals surface area (Å²) in [6, 6.07) is 7.90. The third-order valence-corrected chi connectivity index (χ3v) is 4.71. The number of nitrogens with one attached hydrogen (secondary N) is 3. The number of carbonyl (C=O) groups is 3. The van der Waals surface area contributed by atoms with E-state index < -0.39 is 18.1 Å². The summed E-state index contributed by atoms with van der Waals surface area (Å²) in [5.74, 6) is -0.568. The highest BCUT2D eigenvalue weighted by Gasteiger charge is 2.28. The van der Waals surface area contributed by atoms with Crippen LogP contribution in [0.2, 0.25) is 0 Å². The molecule has 0 heterocycles. The standard InChI is InChI=1S/C24H38N4O4/c1-16(2)12-21(26-18(5)29)24(31)28-22(13-17(3)4)23(30)27-20(15-25-32-6)14-19-10-8-7-9-11-19/h7-11,15-17,20-22H,12-14H2,1-6H3,(H,26,29)(H,27,30)(H,28,31)/b25-15+/t20?,21-,22-/m0/s1. The molecule has 32 heavy (non-hydrogen) atoms. The van der Waals surface area contributed by atoms with Crippen LogP contribution in [-0.4, -0.2) is 49.2 Å². The summed E-state index contributed by atoms with van der Waals surface area (Å²) in [6.07, 6.45) is 3.02. The Kier molecular flexibility index (Phi) is 12.1. The zero-order valence-electron chi connectivity index (χ0n) is 20.1. The summed E-state index contributed by atoms with van der Waals surface area (Å²) in [4.78, 5) is 42.4. The van der Waals surface area contributed by atoms with Gasteiger partial charge in [-0.2, -0.15) is 0 Å². The van der Waals surface area contributed by atoms with Gasteiger partial charge in [0.1, 0.15) is 19.2 Å². The van der Waals surface area contributed by atoms with E-state index >= 15 is 0 Å². The zero-order chi connectivity index (χ0) is 24.1. The Morgan fingerprint density at radius 3 is 1.94 bits per heavy atom. The topological polar surface area (TPSA) is 109 Å². The smallest absolute Gasteiger partial charge is 0.243 e. The molecule has 0 aromatic heterocycles. The summed E-state index contributed by atoms with van der Waals surface area (Å²) in [7, 11) is 1.44. The summed E-state index contributed by atoms with van der Waals surface area (Å²) in [6.45, 7) is 9.30. The number of amides is 3. The second-order valence-corrected chi connectivity index (χ2v) is 8.82. The average Bonchev–Trinajstić information content (AvgIpc) is 2.70. The molecule has 3 N–H and O–H groups in total. The molecule has 1 rings (SSSR count). The highest BCUT2D eigenvalue weighted by Crippen LogP contribution is 2.10. The van der Waals surface area contributed by atoms with Gasteiger partial charge in [-0.3, -0.25) is 14.4 Å². The maximum absolute atomic E-state index is 13.1. The lowest BCUT2D eigenvalue weighted by molar-refractivity contribution is -0.132. The molecule has 0 aliphatic rings. The summed E-state index contributed by atoms with van der Waals surface area (Å²) in [5, 5.41) is 12.3. The Labute approximate surface area is 191 Å². The Balaban J connectivity index is 2.96. The van der Waals surface area contributed by atoms with Crippen LogP contribution >= 0.6 is 0 Å². The highest BCUT2D eigenvalue weighted by atomic mass is 16.6. The van der Waals surface area contributed by atoms with Crippen LogP contribution in [-0.2, 0) is 25.6 Å². The van der Waals surface area contributed by atoms with Crippen molar-refractivity contribution in [3.05, 3.63) is 35.9 Å². The average molecular weight is 447 g/mol. The lowest BCUT2D eigenvalue weighted by atomic mass is 9.99. The fraction of sp³-hybridized carbons (Fsp3) is 0.583. The van der Waals surface area contributed by atoms with Crippen molar-refractivity contribution in [2.45, 2.75) is 72.0 Å². The first kappa shape index (κ1) is 27.1. The highest BCUT2D eigenvalue weighted by molar-refractivity contribution is 5.92. The lowest BCUT2D eigenvalue weighted by Gasteiger charge is -2.26. The minimum atomic E-state index is -0.736. The first-order valence-electron chi connectivity index (χ1n) is 11.1. The van der Waals surface area contributed by atoms with Crippen LogP contribution in [0.25, 0.3) is 0 Å². The molecular formula is C24H38N4O4. The second kappa shape index (κ2) is 14.2. The van der Waals surface area contributed by atoms with Gasteiger partial charge in [-0.15, -0.1) is 0 Å². The van der Waals surface area contributed by atoms with Crippen LogP contribution in [0.3, 0.4) is 0 Å². The molecule has 0 fully saturated rings. The largest absolute Gasteiger partial charge is 0.399 e. The van der Waals surface area contributed by atoms with E-state index in [0.717, 1.165) is 5.56 Å². The van der Waals surface area contributed by atoms with Gasteiger partial charge in [-0.1, -0.05) is 63.2 Å². The minimum absolute atomic E-state index is 0.176. The van der Waals surface area contributed by atoms with Gasteiger partial charge in [-0.05, 0) is 36.7 Å². The van der Waals surface area contributed by atoms with Crippen LogP contribution in [0.1, 0.15) is 53.0 Å². The van der Waals surface area contributed by atoms with E-state index in [1.54, 1.807) is 0 Å². The number of hydrogen-bond donors (Lipinski definition) is 3. The number of benzene rings is 1. The Hall–Kier alpha value is -2.90. The van der Waals surface area contributed by atoms with Crippen molar-refractivity contribution in [2.24, 2.45) is 17.0 Å². The van der Waals surface area contributed by atoms with Crippen molar-refractivity contribution < 1.29 is 19.2 Å². The minimum Gasteiger partial charge on any atom is -0.399 e. The molecule has 0 saturated carbocycles. The molecule has 0 aliphatic heterocycles. The van der Waals surface area contributed by atoms with E-state index in [0.29, 0.717) is 19.3 Å². The summed E-state index contributed by atoms with van der Waals surface area (Å²) < 4.78 is 0. The SMILES string of the molecule is CO/N=C/C(Cc1ccccc1)NC(=O)[C@H](CC(C)C)NC(=O)[C@H](CC(C)C)NC(C)=O. The molecule has 8 heteroatoms. The van der Waals surface area contributed by atoms with Crippen molar-refractivity contribution in [3.8, 4) is 0 Å². The normalized spacial score (nSPS) is 14.1. The molecule has 1 aromatic carbocycles. The fourth-order valence-electron chi connectivity index (χ4n) is 3.35. The van der Waals surface area contributed by atoms with Crippen molar-refractivity contribution in [3.63, 3.8) is 0 Å². The maximum atomic E-state index is 13.1. The van der Waals surface area contributed by atoms with E-state index in [1.165, 1.54) is 20.2 Å². The van der Waals surface area contributed by atoms with Gasteiger partial charge in [-0.25, -0.2) is 0 Å². The maximum Gasteiger partial charge on any atom is 0.243 e. The van der Waals surface area contributed by atoms with Crippen LogP contribution in [0.4, 0.5) is 0 Å². The number of carbonyl (C=O) groups excluding carboxylic acids is 3. The van der Waals surface area contributed by atoms with Crippen molar-refractivity contribution >= 4 is 23.9 Å². The zero-order valence-corrected chi connectivity index (χ0v) is 20.1. The van der Waals surface area contributed by atoms with Crippen LogP contribution in [0.15, 0.2) is 35.5 Å². The van der Waals surface area contributed by atoms with Crippen LogP contribution < -0.4 is 16.0 Å². The summed E-state index contributed by atoms with van der Waals surface area (Å²) >= 11 is 0. The number of rotatable bonds is 13. The van der Waals surface area contributed by atoms with Gasteiger partial charge in [0.05, 0.1) is 12.3 Å². The Morgan fingerprint density at radius 2 is 1.44 bits per heavy atom. The molecule has 178 valence electrons. The third kappa shape index (κ3) is 10.9. The second-order valence-electron chi connectivity index (χ2n) is 8.82. The van der Waals surface area contributed by atoms with Gasteiger partial charge in [0.25, 0.3) is 0 Å². The van der Waals surface area contributed by atoms with Gasteiger partial charge in [0.15, 0.2) is 0 Å². The number of hydrogen-bond acceptors (Lipinski definition) is 5. The van der Waals surface area contributed by atoms with E-state index in [-0.39, 0.29) is 29.6 Å². The number of nitrogens with zero attached hydrogens (tertiary/aromatic N) is 1. The first-order valence-corrected chi connectivity index (χ1v) is 11.1. The van der Waals surface area contributed by atoms with E-state index in [9.17, 15) is 14.4 Å². The van der Waals surface area contributed by atoms with Crippen LogP contribution in [0, 0.1) is 11.8 Å². The quantitative estimate of drug-likeness (QED) is 0.319. The van der Waals surface area contributed by atoms with Gasteiger partial charge in [0.2, 0.25) is 17.7 Å². The molecule has 0 bridgehead atoms. The molecule has 3 amide bonds. The monoisotopic (exact) mass is 446 g/mol. The fourth-order valence-corrected chi connectivity index (χ4v) is 3.35. The predicted octanol–water partition coefficient (Wildman–Crippen LogP) is 2.43. The van der Waals surface area contributed by atoms with Crippen molar-refractivity contribution in [2.75, 3.05) is 7.11 Å². The van der Waals surface area contributed by atoms with Gasteiger partial charge < -0.3 is 20.8 Å². The van der Waals surface area contributed by atoms with E-state index in [4.69, 9.17) is 4.84 Å².